The summed E-state index contributed by atoms with van der Waals surface area (Å²) in [6.45, 7) is 0. The summed E-state index contributed by atoms with van der Waals surface area (Å²) in [7, 11) is 0. The molecular weight excluding hydrogens is 687 g/mol. The van der Waals surface area contributed by atoms with Crippen LogP contribution in [-0.4, -0.2) is 24.5 Å². The van der Waals surface area contributed by atoms with Crippen molar-refractivity contribution >= 4 is 43.9 Å². The van der Waals surface area contributed by atoms with Crippen molar-refractivity contribution < 1.29 is 4.42 Å². The van der Waals surface area contributed by atoms with Gasteiger partial charge in [-0.3, -0.25) is 4.57 Å². The molecule has 0 aliphatic rings. The number of hydrogen-bond donors (Lipinski definition) is 0. The van der Waals surface area contributed by atoms with Gasteiger partial charge >= 0.3 is 0 Å². The molecule has 0 amide bonds. The Balaban J connectivity index is 1.07. The van der Waals surface area contributed by atoms with Crippen LogP contribution in [0.25, 0.3) is 106 Å². The van der Waals surface area contributed by atoms with Gasteiger partial charge in [-0.15, -0.1) is 0 Å². The maximum absolute atomic E-state index is 6.94. The molecule has 0 aliphatic heterocycles. The van der Waals surface area contributed by atoms with Gasteiger partial charge in [-0.2, -0.15) is 0 Å². The van der Waals surface area contributed by atoms with Crippen LogP contribution in [0.1, 0.15) is 0 Å². The van der Waals surface area contributed by atoms with Gasteiger partial charge in [0.15, 0.2) is 23.1 Å². The molecule has 262 valence electrons. The molecule has 0 aliphatic carbocycles. The molecule has 0 spiro atoms. The van der Waals surface area contributed by atoms with Gasteiger partial charge in [0.2, 0.25) is 5.71 Å². The second kappa shape index (κ2) is 13.0. The fourth-order valence-electron chi connectivity index (χ4n) is 7.80. The van der Waals surface area contributed by atoms with Gasteiger partial charge < -0.3 is 4.42 Å². The van der Waals surface area contributed by atoms with E-state index in [2.05, 4.69) is 108 Å². The van der Waals surface area contributed by atoms with Crippen LogP contribution in [0.2, 0.25) is 0 Å². The topological polar surface area (TPSA) is 69.6 Å². The van der Waals surface area contributed by atoms with Crippen LogP contribution in [0.5, 0.6) is 0 Å². The standard InChI is InChI=1S/C50H31N5O/c1-5-15-33(16-6-1)45-46-43(44-40-23-13-14-24-42(40)55(50(44)56-46)38-21-11-4-12-22-38)39-30-29-37(31-41(39)51-45)32-25-27-36(28-26-32)49-53-47(34-17-7-2-8-18-34)52-48(54-49)35-19-9-3-10-20-35/h1-31H. The van der Waals surface area contributed by atoms with Crippen LogP contribution < -0.4 is 0 Å². The second-order valence-corrected chi connectivity index (χ2v) is 13.8. The molecule has 56 heavy (non-hydrogen) atoms. The zero-order valence-electron chi connectivity index (χ0n) is 30.0. The number of fused-ring (bicyclic) bond motifs is 7. The molecule has 0 fully saturated rings. The molecule has 0 saturated heterocycles. The molecule has 4 aromatic heterocycles. The number of rotatable bonds is 6. The van der Waals surface area contributed by atoms with E-state index in [1.54, 1.807) is 0 Å². The van der Waals surface area contributed by atoms with Crippen molar-refractivity contribution in [3.05, 3.63) is 188 Å². The molecule has 0 atom stereocenters. The molecule has 11 rings (SSSR count). The largest absolute Gasteiger partial charge is 0.437 e. The summed E-state index contributed by atoms with van der Waals surface area (Å²) in [6.07, 6.45) is 0. The van der Waals surface area contributed by atoms with Gasteiger partial charge in [0.25, 0.3) is 0 Å². The van der Waals surface area contributed by atoms with Crippen molar-refractivity contribution in [3.8, 4) is 62.2 Å². The van der Waals surface area contributed by atoms with E-state index in [9.17, 15) is 0 Å². The van der Waals surface area contributed by atoms with Crippen LogP contribution in [0.15, 0.2) is 192 Å². The lowest BCUT2D eigenvalue weighted by atomic mass is 9.98. The summed E-state index contributed by atoms with van der Waals surface area (Å²) >= 11 is 0. The molecule has 0 saturated carbocycles. The smallest absolute Gasteiger partial charge is 0.213 e. The van der Waals surface area contributed by atoms with Crippen LogP contribution >= 0.6 is 0 Å². The van der Waals surface area contributed by atoms with Gasteiger partial charge in [0, 0.05) is 44.1 Å². The number of pyridine rings is 1. The zero-order chi connectivity index (χ0) is 37.0. The molecule has 6 nitrogen and oxygen atoms in total. The Morgan fingerprint density at radius 3 is 1.50 bits per heavy atom. The fourth-order valence-corrected chi connectivity index (χ4v) is 7.80. The van der Waals surface area contributed by atoms with Gasteiger partial charge in [0.1, 0.15) is 5.69 Å². The Bertz CT molecular complexity index is 3150. The van der Waals surface area contributed by atoms with E-state index in [1.165, 1.54) is 0 Å². The van der Waals surface area contributed by atoms with Crippen molar-refractivity contribution in [1.29, 1.82) is 0 Å². The number of nitrogens with zero attached hydrogens (tertiary/aromatic N) is 5. The highest BCUT2D eigenvalue weighted by Gasteiger charge is 2.24. The van der Waals surface area contributed by atoms with Crippen molar-refractivity contribution in [1.82, 2.24) is 24.5 Å². The third-order valence-corrected chi connectivity index (χ3v) is 10.5. The quantitative estimate of drug-likeness (QED) is 0.171. The average Bonchev–Trinajstić information content (AvgIpc) is 3.82. The van der Waals surface area contributed by atoms with E-state index in [4.69, 9.17) is 24.4 Å². The van der Waals surface area contributed by atoms with Crippen LogP contribution in [0, 0.1) is 0 Å². The average molecular weight is 718 g/mol. The molecule has 0 N–H and O–H groups in total. The first-order chi connectivity index (χ1) is 27.8. The van der Waals surface area contributed by atoms with E-state index in [-0.39, 0.29) is 0 Å². The van der Waals surface area contributed by atoms with E-state index >= 15 is 0 Å². The van der Waals surface area contributed by atoms with Crippen molar-refractivity contribution in [2.75, 3.05) is 0 Å². The third-order valence-electron chi connectivity index (χ3n) is 10.5. The third kappa shape index (κ3) is 5.27. The Labute approximate surface area is 322 Å². The lowest BCUT2D eigenvalue weighted by molar-refractivity contribution is 0.645. The maximum atomic E-state index is 6.94. The first-order valence-corrected chi connectivity index (χ1v) is 18.6. The Morgan fingerprint density at radius 1 is 0.375 bits per heavy atom. The SMILES string of the molecule is c1ccc(-c2nc(-c3ccccc3)nc(-c3ccc(-c4ccc5c(c4)nc(-c4ccccc4)c4oc6c(c7ccccc7n6-c6ccccc6)c45)cc3)n2)cc1. The van der Waals surface area contributed by atoms with Crippen LogP contribution in [0.3, 0.4) is 0 Å². The van der Waals surface area contributed by atoms with Crippen molar-refractivity contribution in [2.45, 2.75) is 0 Å². The van der Waals surface area contributed by atoms with Gasteiger partial charge in [-0.1, -0.05) is 164 Å². The molecule has 4 heterocycles. The van der Waals surface area contributed by atoms with Crippen LogP contribution in [0.4, 0.5) is 0 Å². The molecular formula is C50H31N5O. The zero-order valence-corrected chi connectivity index (χ0v) is 30.0. The molecule has 0 radical (unpaired) electrons. The van der Waals surface area contributed by atoms with Gasteiger partial charge in [0.05, 0.1) is 16.4 Å². The summed E-state index contributed by atoms with van der Waals surface area (Å²) in [5, 5.41) is 4.33. The fraction of sp³-hybridized carbons (Fsp3) is 0. The molecule has 0 bridgehead atoms. The molecule has 0 unspecified atom stereocenters. The van der Waals surface area contributed by atoms with E-state index < -0.39 is 0 Å². The normalized spacial score (nSPS) is 11.6. The predicted molar refractivity (Wildman–Crippen MR) is 226 cm³/mol. The summed E-state index contributed by atoms with van der Waals surface area (Å²) in [5.41, 5.74) is 11.4. The van der Waals surface area contributed by atoms with E-state index in [0.717, 1.165) is 88.6 Å². The van der Waals surface area contributed by atoms with Crippen LogP contribution in [-0.2, 0) is 0 Å². The number of benzene rings is 7. The van der Waals surface area contributed by atoms with E-state index in [0.29, 0.717) is 17.5 Å². The Kier molecular flexibility index (Phi) is 7.38. The summed E-state index contributed by atoms with van der Waals surface area (Å²) in [6, 6.07) is 64.3. The van der Waals surface area contributed by atoms with Gasteiger partial charge in [-0.05, 0) is 35.4 Å². The summed E-state index contributed by atoms with van der Waals surface area (Å²) in [5.74, 6) is 1.90. The monoisotopic (exact) mass is 717 g/mol. The van der Waals surface area contributed by atoms with Gasteiger partial charge in [-0.25, -0.2) is 19.9 Å². The number of furan rings is 1. The lowest BCUT2D eigenvalue weighted by Crippen LogP contribution is -2.00. The maximum Gasteiger partial charge on any atom is 0.213 e. The summed E-state index contributed by atoms with van der Waals surface area (Å²) < 4.78 is 9.17. The minimum absolute atomic E-state index is 0.623. The van der Waals surface area contributed by atoms with Crippen molar-refractivity contribution in [2.24, 2.45) is 0 Å². The minimum Gasteiger partial charge on any atom is -0.437 e. The highest BCUT2D eigenvalue weighted by molar-refractivity contribution is 6.28. The highest BCUT2D eigenvalue weighted by Crippen LogP contribution is 2.45. The molecule has 11 aromatic rings. The number of para-hydroxylation sites is 2. The summed E-state index contributed by atoms with van der Waals surface area (Å²) in [4.78, 5) is 20.0. The van der Waals surface area contributed by atoms with Crippen molar-refractivity contribution in [3.63, 3.8) is 0 Å². The Morgan fingerprint density at radius 2 is 0.875 bits per heavy atom. The number of aromatic nitrogens is 5. The first-order valence-electron chi connectivity index (χ1n) is 18.6. The molecule has 6 heteroatoms. The Hall–Kier alpha value is -7.70. The van der Waals surface area contributed by atoms with E-state index in [1.807, 2.05) is 84.9 Å². The highest BCUT2D eigenvalue weighted by atomic mass is 16.3. The minimum atomic E-state index is 0.623. The molecule has 7 aromatic carbocycles. The first kappa shape index (κ1) is 31.8. The lowest BCUT2D eigenvalue weighted by Gasteiger charge is -2.10. The number of hydrogen-bond acceptors (Lipinski definition) is 5. The second-order valence-electron chi connectivity index (χ2n) is 13.8. The predicted octanol–water partition coefficient (Wildman–Crippen LogP) is 12.6.